The molecule has 5 rings (SSSR count). The largest absolute Gasteiger partial charge is 0.494 e. The molecule has 0 unspecified atom stereocenters. The zero-order valence-corrected chi connectivity index (χ0v) is 22.8. The molecule has 2 saturated heterocycles. The van der Waals surface area contributed by atoms with E-state index in [1.807, 2.05) is 60.4 Å². The molecule has 5 nitrogen and oxygen atoms in total. The molecule has 2 heterocycles. The van der Waals surface area contributed by atoms with Crippen molar-refractivity contribution in [3.63, 3.8) is 0 Å². The van der Waals surface area contributed by atoms with Crippen molar-refractivity contribution in [2.24, 2.45) is 5.41 Å². The minimum Gasteiger partial charge on any atom is -0.494 e. The van der Waals surface area contributed by atoms with Crippen LogP contribution in [0.5, 0.6) is 5.75 Å². The lowest BCUT2D eigenvalue weighted by molar-refractivity contribution is 0.0564. The first-order chi connectivity index (χ1) is 18.9. The predicted octanol–water partition coefficient (Wildman–Crippen LogP) is 6.42. The van der Waals surface area contributed by atoms with Crippen molar-refractivity contribution in [1.29, 1.82) is 0 Å². The molecule has 0 aromatic heterocycles. The van der Waals surface area contributed by atoms with E-state index in [-0.39, 0.29) is 34.1 Å². The van der Waals surface area contributed by atoms with E-state index in [1.165, 1.54) is 17.8 Å². The molecular weight excluding hydrogens is 518 g/mol. The molecule has 1 spiro atoms. The number of carbonyl (C=O) groups excluding carboxylic acids is 2. The van der Waals surface area contributed by atoms with Gasteiger partial charge in [0.15, 0.2) is 11.6 Å². The monoisotopic (exact) mass is 550 g/mol. The second-order valence-corrected chi connectivity index (χ2v) is 11.3. The summed E-state index contributed by atoms with van der Waals surface area (Å²) in [7, 11) is 0. The Kier molecular flexibility index (Phi) is 8.21. The van der Waals surface area contributed by atoms with Crippen molar-refractivity contribution in [1.82, 2.24) is 9.80 Å². The number of hydrogen-bond acceptors (Lipinski definition) is 4. The van der Waals surface area contributed by atoms with Gasteiger partial charge in [0.25, 0.3) is 11.8 Å². The maximum absolute atomic E-state index is 14.9. The Labute approximate surface area is 232 Å². The van der Waals surface area contributed by atoms with Gasteiger partial charge in [-0.3, -0.25) is 9.59 Å². The highest BCUT2D eigenvalue weighted by atomic mass is 32.2. The molecule has 2 aliphatic rings. The first-order valence-corrected chi connectivity index (χ1v) is 14.3. The van der Waals surface area contributed by atoms with E-state index < -0.39 is 11.6 Å². The molecule has 0 N–H and O–H groups in total. The van der Waals surface area contributed by atoms with Crippen molar-refractivity contribution in [2.45, 2.75) is 36.8 Å². The molecule has 8 heteroatoms. The molecule has 2 fully saturated rings. The van der Waals surface area contributed by atoms with Crippen LogP contribution >= 0.6 is 11.8 Å². The van der Waals surface area contributed by atoms with E-state index in [1.54, 1.807) is 11.0 Å². The average molecular weight is 551 g/mol. The van der Waals surface area contributed by atoms with Gasteiger partial charge in [-0.1, -0.05) is 24.3 Å². The van der Waals surface area contributed by atoms with Crippen LogP contribution in [0, 0.1) is 17.0 Å². The highest BCUT2D eigenvalue weighted by Gasteiger charge is 2.43. The van der Waals surface area contributed by atoms with E-state index in [2.05, 4.69) is 0 Å². The van der Waals surface area contributed by atoms with Gasteiger partial charge in [0.05, 0.1) is 6.61 Å². The van der Waals surface area contributed by atoms with Crippen LogP contribution in [0.2, 0.25) is 0 Å². The van der Waals surface area contributed by atoms with Gasteiger partial charge in [-0.2, -0.15) is 0 Å². The summed E-state index contributed by atoms with van der Waals surface area (Å²) in [6, 6.07) is 19.2. The SMILES string of the molecule is CCOc1cccc(C(=O)N2CCC3(CCN(C(=O)c4ccc(F)c(F)c4CSc4ccccc4)CC3)C2)c1. The molecular formula is C31H32F2N2O3S. The molecule has 0 atom stereocenters. The second kappa shape index (κ2) is 11.8. The Bertz CT molecular complexity index is 1340. The number of likely N-dealkylation sites (tertiary alicyclic amines) is 2. The number of piperidine rings is 1. The molecule has 0 saturated carbocycles. The van der Waals surface area contributed by atoms with Crippen molar-refractivity contribution in [2.75, 3.05) is 32.8 Å². The smallest absolute Gasteiger partial charge is 0.254 e. The van der Waals surface area contributed by atoms with Crippen molar-refractivity contribution < 1.29 is 23.1 Å². The van der Waals surface area contributed by atoms with Gasteiger partial charge >= 0.3 is 0 Å². The Balaban J connectivity index is 1.23. The summed E-state index contributed by atoms with van der Waals surface area (Å²) in [5.41, 5.74) is 0.890. The lowest BCUT2D eigenvalue weighted by atomic mass is 9.77. The van der Waals surface area contributed by atoms with Crippen LogP contribution in [0.15, 0.2) is 71.6 Å². The Morgan fingerprint density at radius 3 is 2.33 bits per heavy atom. The lowest BCUT2D eigenvalue weighted by Crippen LogP contribution is -2.45. The van der Waals surface area contributed by atoms with E-state index in [9.17, 15) is 18.4 Å². The van der Waals surface area contributed by atoms with Crippen LogP contribution in [0.3, 0.4) is 0 Å². The number of amides is 2. The van der Waals surface area contributed by atoms with E-state index in [0.717, 1.165) is 30.2 Å². The third-order valence-electron chi connectivity index (χ3n) is 7.78. The lowest BCUT2D eigenvalue weighted by Gasteiger charge is -2.39. The van der Waals surface area contributed by atoms with E-state index in [4.69, 9.17) is 4.74 Å². The zero-order valence-electron chi connectivity index (χ0n) is 22.0. The fourth-order valence-electron chi connectivity index (χ4n) is 5.55. The van der Waals surface area contributed by atoms with Crippen LogP contribution in [0.4, 0.5) is 8.78 Å². The van der Waals surface area contributed by atoms with Crippen LogP contribution in [-0.2, 0) is 5.75 Å². The minimum absolute atomic E-state index is 0.00530. The van der Waals surface area contributed by atoms with Crippen molar-refractivity contribution in [3.05, 3.63) is 95.1 Å². The Morgan fingerprint density at radius 2 is 1.62 bits per heavy atom. The van der Waals surface area contributed by atoms with E-state index >= 15 is 0 Å². The first-order valence-electron chi connectivity index (χ1n) is 13.4. The molecule has 0 bridgehead atoms. The molecule has 2 aliphatic heterocycles. The summed E-state index contributed by atoms with van der Waals surface area (Å²) in [5, 5.41) is 0. The summed E-state index contributed by atoms with van der Waals surface area (Å²) in [6.45, 7) is 4.81. The van der Waals surface area contributed by atoms with Crippen LogP contribution in [0.1, 0.15) is 52.5 Å². The topological polar surface area (TPSA) is 49.9 Å². The normalized spacial score (nSPS) is 16.5. The molecule has 204 valence electrons. The van der Waals surface area contributed by atoms with Gasteiger partial charge in [-0.15, -0.1) is 11.8 Å². The molecule has 0 aliphatic carbocycles. The summed E-state index contributed by atoms with van der Waals surface area (Å²) in [5.74, 6) is -1.34. The number of thioether (sulfide) groups is 1. The summed E-state index contributed by atoms with van der Waals surface area (Å²) < 4.78 is 34.5. The van der Waals surface area contributed by atoms with Gasteiger partial charge in [0.1, 0.15) is 5.75 Å². The fraction of sp³-hybridized carbons (Fsp3) is 0.355. The van der Waals surface area contributed by atoms with Crippen LogP contribution in [0.25, 0.3) is 0 Å². The Morgan fingerprint density at radius 1 is 0.897 bits per heavy atom. The quantitative estimate of drug-likeness (QED) is 0.319. The van der Waals surface area contributed by atoms with Gasteiger partial charge in [-0.05, 0) is 74.1 Å². The second-order valence-electron chi connectivity index (χ2n) is 10.2. The third kappa shape index (κ3) is 5.96. The summed E-state index contributed by atoms with van der Waals surface area (Å²) >= 11 is 1.37. The van der Waals surface area contributed by atoms with Crippen LogP contribution < -0.4 is 4.74 Å². The average Bonchev–Trinajstić information content (AvgIpc) is 3.37. The standard InChI is InChI=1S/C31H32F2N2O3S/c1-2-38-23-8-6-7-22(19-23)29(36)35-18-15-31(21-35)13-16-34(17-14-31)30(37)25-11-12-27(32)28(33)26(25)20-39-24-9-4-3-5-10-24/h3-12,19H,2,13-18,20-21H2,1H3. The number of ether oxygens (including phenoxy) is 1. The van der Waals surface area contributed by atoms with Crippen molar-refractivity contribution in [3.8, 4) is 5.75 Å². The number of hydrogen-bond donors (Lipinski definition) is 0. The molecule has 39 heavy (non-hydrogen) atoms. The van der Waals surface area contributed by atoms with Gasteiger partial charge in [-0.25, -0.2) is 8.78 Å². The maximum Gasteiger partial charge on any atom is 0.254 e. The number of rotatable bonds is 7. The van der Waals surface area contributed by atoms with Gasteiger partial charge < -0.3 is 14.5 Å². The van der Waals surface area contributed by atoms with Gasteiger partial charge in [0, 0.05) is 53.5 Å². The zero-order chi connectivity index (χ0) is 27.4. The predicted molar refractivity (Wildman–Crippen MR) is 148 cm³/mol. The highest BCUT2D eigenvalue weighted by Crippen LogP contribution is 2.41. The summed E-state index contributed by atoms with van der Waals surface area (Å²) in [4.78, 5) is 31.2. The van der Waals surface area contributed by atoms with E-state index in [0.29, 0.717) is 44.1 Å². The molecule has 3 aromatic rings. The number of nitrogens with zero attached hydrogens (tertiary/aromatic N) is 2. The number of benzene rings is 3. The minimum atomic E-state index is -0.962. The number of carbonyl (C=O) groups is 2. The van der Waals surface area contributed by atoms with Crippen LogP contribution in [-0.4, -0.2) is 54.4 Å². The fourth-order valence-corrected chi connectivity index (χ4v) is 6.49. The number of halogens is 2. The highest BCUT2D eigenvalue weighted by molar-refractivity contribution is 7.98. The first kappa shape index (κ1) is 27.2. The van der Waals surface area contributed by atoms with Gasteiger partial charge in [0.2, 0.25) is 0 Å². The molecule has 0 radical (unpaired) electrons. The van der Waals surface area contributed by atoms with Crippen molar-refractivity contribution >= 4 is 23.6 Å². The summed E-state index contributed by atoms with van der Waals surface area (Å²) in [6.07, 6.45) is 2.41. The maximum atomic E-state index is 14.9. The third-order valence-corrected chi connectivity index (χ3v) is 8.82. The molecule has 2 amide bonds. The Hall–Kier alpha value is -3.39. The molecule has 3 aromatic carbocycles.